The largest absolute Gasteiger partial charge is 0.353 e. The minimum Gasteiger partial charge on any atom is -0.288 e. The molecule has 0 spiro atoms. The number of hydrogen-bond acceptors (Lipinski definition) is 2. The Bertz CT molecular complexity index is 739. The van der Waals surface area contributed by atoms with Crippen LogP contribution >= 0.6 is 11.3 Å². The van der Waals surface area contributed by atoms with E-state index in [0.717, 1.165) is 23.3 Å². The van der Waals surface area contributed by atoms with Gasteiger partial charge in [0.15, 0.2) is 7.15 Å². The van der Waals surface area contributed by atoms with Crippen molar-refractivity contribution in [2.45, 2.75) is 26.7 Å². The van der Waals surface area contributed by atoms with Gasteiger partial charge in [-0.15, -0.1) is 11.3 Å². The van der Waals surface area contributed by atoms with Gasteiger partial charge in [-0.3, -0.25) is 4.79 Å². The molecule has 1 aromatic carbocycles. The number of Topliss-reactive ketones (excluding diaryl/α,β-unsaturated/α-hetero) is 1. The van der Waals surface area contributed by atoms with Crippen LogP contribution in [-0.2, 0) is 0 Å². The van der Waals surface area contributed by atoms with E-state index in [2.05, 4.69) is 44.2 Å². The van der Waals surface area contributed by atoms with E-state index >= 15 is 0 Å². The summed E-state index contributed by atoms with van der Waals surface area (Å²) in [5.41, 5.74) is 3.86. The zero-order chi connectivity index (χ0) is 15.5. The molecule has 0 atom stereocenters. The summed E-state index contributed by atoms with van der Waals surface area (Å²) in [7, 11) is 0. The molecule has 0 fully saturated rings. The number of hydrogen-bond donors (Lipinski definition) is 0. The fraction of sp³-hybridized carbons (Fsp3) is 0.211. The summed E-state index contributed by atoms with van der Waals surface area (Å²) in [4.78, 5) is 13.7. The first-order valence-electron chi connectivity index (χ1n) is 7.30. The van der Waals surface area contributed by atoms with Crippen molar-refractivity contribution in [3.63, 3.8) is 0 Å². The van der Waals surface area contributed by atoms with Crippen LogP contribution in [0.2, 0.25) is 0 Å². The molecule has 3 rings (SSSR count). The molecule has 112 valence electrons. The molecule has 2 aromatic rings. The van der Waals surface area contributed by atoms with Crippen LogP contribution in [-0.4, -0.2) is 5.78 Å². The summed E-state index contributed by atoms with van der Waals surface area (Å²) >= 11 is 1.28. The standard InChI is InChI=1S/C19H18IOS/c1-13-11-16(19(21)18-9-6-10-22-18)17(12-14(13)2)20-15-7-4-3-5-8-15/h3-10H,11-12H2,1-2H3/q+1. The molecule has 1 aliphatic rings. The summed E-state index contributed by atoms with van der Waals surface area (Å²) in [6.45, 7) is 4.37. The van der Waals surface area contributed by atoms with Crippen LogP contribution in [0.3, 0.4) is 0 Å². The first-order valence-corrected chi connectivity index (χ1v) is 10.3. The van der Waals surface area contributed by atoms with Crippen LogP contribution in [0.25, 0.3) is 0 Å². The monoisotopic (exact) mass is 421 g/mol. The van der Waals surface area contributed by atoms with Gasteiger partial charge in [-0.25, -0.2) is 0 Å². The molecular formula is C19H18IOS+. The molecule has 0 amide bonds. The summed E-state index contributed by atoms with van der Waals surface area (Å²) < 4.78 is 2.78. The van der Waals surface area contributed by atoms with Gasteiger partial charge in [0.25, 0.3) is 0 Å². The minimum atomic E-state index is -0.263. The van der Waals surface area contributed by atoms with E-state index in [-0.39, 0.29) is 27.0 Å². The summed E-state index contributed by atoms with van der Waals surface area (Å²) in [5, 5.41) is 1.98. The van der Waals surface area contributed by atoms with E-state index in [4.69, 9.17) is 0 Å². The normalized spacial score (nSPS) is 15.4. The van der Waals surface area contributed by atoms with Crippen molar-refractivity contribution in [1.29, 1.82) is 0 Å². The van der Waals surface area contributed by atoms with E-state index in [1.54, 1.807) is 11.3 Å². The Morgan fingerprint density at radius 2 is 1.73 bits per heavy atom. The molecule has 22 heavy (non-hydrogen) atoms. The van der Waals surface area contributed by atoms with Gasteiger partial charge in [0.2, 0.25) is 5.78 Å². The van der Waals surface area contributed by atoms with Crippen molar-refractivity contribution in [3.05, 3.63) is 76.6 Å². The molecule has 0 N–H and O–H groups in total. The summed E-state index contributed by atoms with van der Waals surface area (Å²) in [6, 6.07) is 14.5. The maximum Gasteiger partial charge on any atom is 0.353 e. The van der Waals surface area contributed by atoms with Crippen molar-refractivity contribution in [2.24, 2.45) is 0 Å². The van der Waals surface area contributed by atoms with Crippen LogP contribution in [0.5, 0.6) is 0 Å². The Balaban J connectivity index is 1.96. The first-order chi connectivity index (χ1) is 10.6. The molecule has 0 saturated heterocycles. The molecule has 1 aromatic heterocycles. The van der Waals surface area contributed by atoms with Crippen molar-refractivity contribution in [3.8, 4) is 0 Å². The van der Waals surface area contributed by atoms with Crippen LogP contribution in [0.15, 0.2) is 68.1 Å². The third-order valence-corrected chi connectivity index (χ3v) is 7.79. The average molecular weight is 421 g/mol. The number of carbonyl (C=O) groups is 1. The molecule has 0 aliphatic heterocycles. The molecule has 1 aliphatic carbocycles. The van der Waals surface area contributed by atoms with Crippen molar-refractivity contribution < 1.29 is 26.0 Å². The number of ketones is 1. The Kier molecular flexibility index (Phi) is 4.93. The zero-order valence-electron chi connectivity index (χ0n) is 12.7. The molecule has 0 radical (unpaired) electrons. The van der Waals surface area contributed by atoms with Crippen LogP contribution in [0, 0.1) is 3.57 Å². The number of carbonyl (C=O) groups excluding carboxylic acids is 1. The average Bonchev–Trinajstić information content (AvgIpc) is 3.05. The van der Waals surface area contributed by atoms with E-state index in [0.29, 0.717) is 0 Å². The molecule has 1 nitrogen and oxygen atoms in total. The van der Waals surface area contributed by atoms with E-state index < -0.39 is 0 Å². The predicted octanol–water partition coefficient (Wildman–Crippen LogP) is 2.27. The number of halogens is 1. The van der Waals surface area contributed by atoms with Gasteiger partial charge in [-0.2, -0.15) is 0 Å². The van der Waals surface area contributed by atoms with Crippen molar-refractivity contribution in [1.82, 2.24) is 0 Å². The van der Waals surface area contributed by atoms with Gasteiger partial charge >= 0.3 is 21.2 Å². The zero-order valence-corrected chi connectivity index (χ0v) is 15.7. The lowest BCUT2D eigenvalue weighted by atomic mass is 9.91. The quantitative estimate of drug-likeness (QED) is 0.421. The van der Waals surface area contributed by atoms with Crippen molar-refractivity contribution >= 4 is 17.1 Å². The second-order valence-corrected chi connectivity index (χ2v) is 9.53. The Morgan fingerprint density at radius 1 is 1.00 bits per heavy atom. The maximum absolute atomic E-state index is 12.9. The van der Waals surface area contributed by atoms with Gasteiger partial charge in [0.05, 0.1) is 10.5 Å². The minimum absolute atomic E-state index is 0.243. The Morgan fingerprint density at radius 3 is 2.41 bits per heavy atom. The molecule has 0 unspecified atom stereocenters. The van der Waals surface area contributed by atoms with Gasteiger partial charge < -0.3 is 0 Å². The van der Waals surface area contributed by atoms with Gasteiger partial charge in [0.1, 0.15) is 0 Å². The highest BCUT2D eigenvalue weighted by Gasteiger charge is 2.32. The SMILES string of the molecule is CC1=C(C)CC(C(=O)c2cccs2)=C([I+]c2ccccc2)C1. The highest BCUT2D eigenvalue weighted by atomic mass is 127. The van der Waals surface area contributed by atoms with Gasteiger partial charge in [-0.05, 0) is 37.4 Å². The topological polar surface area (TPSA) is 17.1 Å². The Labute approximate surface area is 146 Å². The number of thiophene rings is 1. The molecular weight excluding hydrogens is 403 g/mol. The lowest BCUT2D eigenvalue weighted by Gasteiger charge is -2.15. The third-order valence-electron chi connectivity index (χ3n) is 3.89. The third kappa shape index (κ3) is 3.41. The van der Waals surface area contributed by atoms with E-state index in [9.17, 15) is 4.79 Å². The highest BCUT2D eigenvalue weighted by molar-refractivity contribution is 7.12. The predicted molar refractivity (Wildman–Crippen MR) is 88.4 cm³/mol. The number of allylic oxidation sites excluding steroid dienone is 4. The summed E-state index contributed by atoms with van der Waals surface area (Å²) in [6.07, 6.45) is 1.80. The van der Waals surface area contributed by atoms with Gasteiger partial charge in [0, 0.05) is 12.8 Å². The van der Waals surface area contributed by atoms with Crippen LogP contribution in [0.1, 0.15) is 36.4 Å². The first kappa shape index (κ1) is 15.7. The summed E-state index contributed by atoms with van der Waals surface area (Å²) in [5.74, 6) is 0.243. The van der Waals surface area contributed by atoms with Crippen LogP contribution < -0.4 is 21.2 Å². The molecule has 3 heteroatoms. The number of rotatable bonds is 4. The molecule has 0 bridgehead atoms. The highest BCUT2D eigenvalue weighted by Crippen LogP contribution is 2.29. The second-order valence-electron chi connectivity index (χ2n) is 5.49. The van der Waals surface area contributed by atoms with E-state index in [1.807, 2.05) is 17.5 Å². The smallest absolute Gasteiger partial charge is 0.288 e. The van der Waals surface area contributed by atoms with Crippen molar-refractivity contribution in [2.75, 3.05) is 0 Å². The lowest BCUT2D eigenvalue weighted by Crippen LogP contribution is -3.61. The second kappa shape index (κ2) is 6.92. The van der Waals surface area contributed by atoms with Gasteiger partial charge in [-0.1, -0.05) is 35.4 Å². The molecule has 0 saturated carbocycles. The maximum atomic E-state index is 12.9. The van der Waals surface area contributed by atoms with Crippen LogP contribution in [0.4, 0.5) is 0 Å². The fourth-order valence-electron chi connectivity index (χ4n) is 2.46. The Hall–Kier alpha value is -1.20. The molecule has 1 heterocycles. The fourth-order valence-corrected chi connectivity index (χ4v) is 6.20. The van der Waals surface area contributed by atoms with E-state index in [1.165, 1.54) is 18.3 Å². The lowest BCUT2D eigenvalue weighted by molar-refractivity contribution is -0.579. The number of benzene rings is 1.